The number of nitrogen functional groups attached to an aromatic ring is 1. The predicted molar refractivity (Wildman–Crippen MR) is 75.1 cm³/mol. The number of rotatable bonds is 4. The molecule has 0 aliphatic carbocycles. The number of halogens is 1. The van der Waals surface area contributed by atoms with E-state index < -0.39 is 0 Å². The van der Waals surface area contributed by atoms with Crippen LogP contribution in [0.15, 0.2) is 53.2 Å². The highest BCUT2D eigenvalue weighted by Gasteiger charge is 2.08. The number of pyridine rings is 1. The summed E-state index contributed by atoms with van der Waals surface area (Å²) in [7, 11) is 0. The Hall–Kier alpha value is -2.89. The number of hydrogen-bond donors (Lipinski definition) is 1. The van der Waals surface area contributed by atoms with Crippen molar-refractivity contribution in [3.8, 4) is 17.1 Å². The minimum atomic E-state index is 0.174. The van der Waals surface area contributed by atoms with E-state index in [1.54, 1.807) is 36.5 Å². The van der Waals surface area contributed by atoms with Crippen molar-refractivity contribution < 1.29 is 14.0 Å². The van der Waals surface area contributed by atoms with Crippen molar-refractivity contribution in [1.29, 1.82) is 0 Å². The average Bonchev–Trinajstić information content (AvgIpc) is 2.97. The van der Waals surface area contributed by atoms with E-state index >= 15 is 0 Å². The van der Waals surface area contributed by atoms with E-state index in [1.807, 2.05) is 12.1 Å². The van der Waals surface area contributed by atoms with E-state index in [4.69, 9.17) is 10.3 Å². The van der Waals surface area contributed by atoms with Gasteiger partial charge in [-0.15, -0.1) is 0 Å². The minimum absolute atomic E-state index is 0.174. The van der Waals surface area contributed by atoms with Crippen molar-refractivity contribution in [2.75, 3.05) is 5.73 Å². The molecule has 3 aromatic rings. The van der Waals surface area contributed by atoms with Crippen LogP contribution in [0.1, 0.15) is 11.3 Å². The average molecular weight is 285 g/mol. The van der Waals surface area contributed by atoms with E-state index in [9.17, 15) is 4.53 Å². The molecule has 0 saturated heterocycles. The number of nitrogens with zero attached hydrogens (tertiary/aromatic N) is 2. The van der Waals surface area contributed by atoms with E-state index in [0.717, 1.165) is 16.8 Å². The Morgan fingerprint density at radius 1 is 1.14 bits per heavy atom. The molecule has 6 heteroatoms. The van der Waals surface area contributed by atoms with Crippen molar-refractivity contribution in [1.82, 2.24) is 10.1 Å². The lowest BCUT2D eigenvalue weighted by Crippen LogP contribution is -1.88. The minimum Gasteiger partial charge on any atom is -0.384 e. The zero-order chi connectivity index (χ0) is 14.7. The SMILES string of the molecule is Nc1ccc(-c2cc(Cc3ccc(OF)cc3)no2)cn1. The van der Waals surface area contributed by atoms with Gasteiger partial charge in [0.2, 0.25) is 0 Å². The molecule has 0 unspecified atom stereocenters. The number of hydrogen-bond acceptors (Lipinski definition) is 5. The number of anilines is 1. The summed E-state index contributed by atoms with van der Waals surface area (Å²) in [4.78, 5) is 7.65. The molecule has 0 saturated carbocycles. The Labute approximate surface area is 120 Å². The zero-order valence-electron chi connectivity index (χ0n) is 11.0. The number of aromatic nitrogens is 2. The summed E-state index contributed by atoms with van der Waals surface area (Å²) in [5.74, 6) is 1.25. The second kappa shape index (κ2) is 5.62. The highest BCUT2D eigenvalue weighted by Crippen LogP contribution is 2.22. The third-order valence-corrected chi connectivity index (χ3v) is 3.03. The molecule has 0 atom stereocenters. The van der Waals surface area contributed by atoms with E-state index in [-0.39, 0.29) is 5.75 Å². The van der Waals surface area contributed by atoms with Gasteiger partial charge in [0.25, 0.3) is 0 Å². The summed E-state index contributed by atoms with van der Waals surface area (Å²) < 4.78 is 17.3. The van der Waals surface area contributed by atoms with Crippen LogP contribution in [0.25, 0.3) is 11.3 Å². The highest BCUT2D eigenvalue weighted by molar-refractivity contribution is 5.57. The van der Waals surface area contributed by atoms with Gasteiger partial charge in [-0.05, 0) is 29.8 Å². The van der Waals surface area contributed by atoms with Crippen molar-refractivity contribution in [2.45, 2.75) is 6.42 Å². The maximum Gasteiger partial charge on any atom is 0.171 e. The molecule has 2 aromatic heterocycles. The third kappa shape index (κ3) is 3.00. The third-order valence-electron chi connectivity index (χ3n) is 3.03. The first-order valence-corrected chi connectivity index (χ1v) is 6.29. The largest absolute Gasteiger partial charge is 0.384 e. The highest BCUT2D eigenvalue weighted by atomic mass is 19.3. The van der Waals surface area contributed by atoms with Crippen LogP contribution in [-0.4, -0.2) is 10.1 Å². The van der Waals surface area contributed by atoms with Crippen LogP contribution in [0.5, 0.6) is 5.75 Å². The van der Waals surface area contributed by atoms with Crippen LogP contribution in [-0.2, 0) is 6.42 Å². The normalized spacial score (nSPS) is 10.5. The van der Waals surface area contributed by atoms with Gasteiger partial charge in [-0.25, -0.2) is 4.98 Å². The summed E-state index contributed by atoms with van der Waals surface area (Å²) in [6.45, 7) is 0. The van der Waals surface area contributed by atoms with Crippen LogP contribution in [0.3, 0.4) is 0 Å². The molecule has 0 aliphatic rings. The Balaban J connectivity index is 1.76. The van der Waals surface area contributed by atoms with Gasteiger partial charge in [0.1, 0.15) is 5.82 Å². The van der Waals surface area contributed by atoms with E-state index in [1.165, 1.54) is 0 Å². The van der Waals surface area contributed by atoms with Crippen LogP contribution in [0, 0.1) is 0 Å². The molecular weight excluding hydrogens is 273 g/mol. The van der Waals surface area contributed by atoms with Crippen LogP contribution < -0.4 is 10.7 Å². The standard InChI is InChI=1S/C15H12FN3O2/c16-20-13-4-1-10(2-5-13)7-12-8-14(21-19-12)11-3-6-15(17)18-9-11/h1-6,8-9H,7H2,(H2,17,18). The summed E-state index contributed by atoms with van der Waals surface area (Å²) >= 11 is 0. The first kappa shape index (κ1) is 13.1. The fraction of sp³-hybridized carbons (Fsp3) is 0.0667. The molecule has 0 aliphatic heterocycles. The predicted octanol–water partition coefficient (Wildman–Crippen LogP) is 3.17. The summed E-state index contributed by atoms with van der Waals surface area (Å²) in [6, 6.07) is 12.0. The van der Waals surface area contributed by atoms with Crippen LogP contribution in [0.4, 0.5) is 10.3 Å². The van der Waals surface area contributed by atoms with Gasteiger partial charge in [-0.2, -0.15) is 0 Å². The van der Waals surface area contributed by atoms with Crippen molar-refractivity contribution >= 4 is 5.82 Å². The Kier molecular flexibility index (Phi) is 3.51. The fourth-order valence-corrected chi connectivity index (χ4v) is 1.95. The first-order valence-electron chi connectivity index (χ1n) is 6.29. The van der Waals surface area contributed by atoms with Gasteiger partial charge in [-0.1, -0.05) is 17.3 Å². The lowest BCUT2D eigenvalue weighted by Gasteiger charge is -1.98. The zero-order valence-corrected chi connectivity index (χ0v) is 11.0. The molecule has 21 heavy (non-hydrogen) atoms. The molecule has 0 radical (unpaired) electrons. The van der Waals surface area contributed by atoms with Gasteiger partial charge in [0.15, 0.2) is 11.5 Å². The Morgan fingerprint density at radius 3 is 2.62 bits per heavy atom. The monoisotopic (exact) mass is 285 g/mol. The van der Waals surface area contributed by atoms with Crippen LogP contribution in [0.2, 0.25) is 0 Å². The summed E-state index contributed by atoms with van der Waals surface area (Å²) in [5.41, 5.74) is 8.10. The molecule has 0 spiro atoms. The van der Waals surface area contributed by atoms with E-state index in [0.29, 0.717) is 18.0 Å². The molecular formula is C15H12FN3O2. The molecule has 0 fully saturated rings. The van der Waals surface area contributed by atoms with Crippen molar-refractivity contribution in [3.05, 3.63) is 59.9 Å². The molecule has 3 rings (SSSR count). The second-order valence-electron chi connectivity index (χ2n) is 4.55. The molecule has 0 bridgehead atoms. The van der Waals surface area contributed by atoms with Crippen molar-refractivity contribution in [3.63, 3.8) is 0 Å². The molecule has 5 nitrogen and oxygen atoms in total. The van der Waals surface area contributed by atoms with Gasteiger partial charge in [0.05, 0.1) is 5.69 Å². The summed E-state index contributed by atoms with van der Waals surface area (Å²) in [5, 5.41) is 4.01. The van der Waals surface area contributed by atoms with Crippen LogP contribution >= 0.6 is 0 Å². The maximum atomic E-state index is 12.0. The van der Waals surface area contributed by atoms with Gasteiger partial charge >= 0.3 is 0 Å². The maximum absolute atomic E-state index is 12.0. The number of benzene rings is 1. The lowest BCUT2D eigenvalue weighted by molar-refractivity contribution is -0.00621. The van der Waals surface area contributed by atoms with E-state index in [2.05, 4.69) is 15.1 Å². The number of nitrogens with two attached hydrogens (primary N) is 1. The Morgan fingerprint density at radius 2 is 1.95 bits per heavy atom. The first-order chi connectivity index (χ1) is 10.2. The molecule has 1 aromatic carbocycles. The molecule has 2 N–H and O–H groups in total. The topological polar surface area (TPSA) is 74.2 Å². The second-order valence-corrected chi connectivity index (χ2v) is 4.55. The van der Waals surface area contributed by atoms with Gasteiger partial charge in [0, 0.05) is 28.8 Å². The summed E-state index contributed by atoms with van der Waals surface area (Å²) in [6.07, 6.45) is 2.21. The van der Waals surface area contributed by atoms with Crippen molar-refractivity contribution in [2.24, 2.45) is 0 Å². The van der Waals surface area contributed by atoms with Gasteiger partial charge in [-0.3, -0.25) is 4.94 Å². The quantitative estimate of drug-likeness (QED) is 0.797. The smallest absolute Gasteiger partial charge is 0.171 e. The fourth-order valence-electron chi connectivity index (χ4n) is 1.95. The lowest BCUT2D eigenvalue weighted by atomic mass is 10.1. The molecule has 0 amide bonds. The Bertz CT molecular complexity index is 723. The van der Waals surface area contributed by atoms with Gasteiger partial charge < -0.3 is 10.3 Å². The molecule has 106 valence electrons. The molecule has 2 heterocycles.